The van der Waals surface area contributed by atoms with Gasteiger partial charge >= 0.3 is 0 Å². The Labute approximate surface area is 128 Å². The zero-order chi connectivity index (χ0) is 13.7. The first-order valence-corrected chi connectivity index (χ1v) is 8.01. The predicted molar refractivity (Wildman–Crippen MR) is 84.3 cm³/mol. The first-order valence-electron chi connectivity index (χ1n) is 6.71. The van der Waals surface area contributed by atoms with E-state index in [2.05, 4.69) is 21.1 Å². The van der Waals surface area contributed by atoms with Crippen LogP contribution < -0.4 is 0 Å². The average Bonchev–Trinajstić information content (AvgIpc) is 2.90. The second-order valence-electron chi connectivity index (χ2n) is 5.02. The molecule has 1 aliphatic rings. The fraction of sp³-hybridized carbons (Fsp3) is 0.533. The maximum Gasteiger partial charge on any atom is 0.106 e. The maximum absolute atomic E-state index is 5.93. The zero-order valence-corrected chi connectivity index (χ0v) is 13.5. The third kappa shape index (κ3) is 4.22. The van der Waals surface area contributed by atoms with E-state index in [0.29, 0.717) is 0 Å². The summed E-state index contributed by atoms with van der Waals surface area (Å²) in [6.07, 6.45) is 6.51. The molecule has 0 bridgehead atoms. The number of hydrogen-bond donors (Lipinski definition) is 0. The van der Waals surface area contributed by atoms with Crippen molar-refractivity contribution in [3.05, 3.63) is 34.9 Å². The van der Waals surface area contributed by atoms with Crippen molar-refractivity contribution >= 4 is 33.2 Å². The topological polar surface area (TPSA) is 21.6 Å². The fourth-order valence-electron chi connectivity index (χ4n) is 2.66. The summed E-state index contributed by atoms with van der Waals surface area (Å²) in [6.45, 7) is 0. The molecule has 0 spiro atoms. The van der Waals surface area contributed by atoms with E-state index in [0.717, 1.165) is 28.6 Å². The van der Waals surface area contributed by atoms with Crippen molar-refractivity contribution in [3.8, 4) is 0 Å². The molecule has 1 atom stereocenters. The van der Waals surface area contributed by atoms with E-state index in [1.807, 2.05) is 24.3 Å². The number of halogens is 2. The highest BCUT2D eigenvalue weighted by molar-refractivity contribution is 9.10. The Hall–Kier alpha value is -0.540. The second-order valence-corrected chi connectivity index (χ2v) is 6.56. The molecular formula is C15H19BrClNO. The van der Waals surface area contributed by atoms with Crippen LogP contribution in [0.25, 0.3) is 0 Å². The SMILES string of the molecule is CO/N=C(/c1ccc(Cl)cc1)C(Br)CC1CCCC1. The van der Waals surface area contributed by atoms with Gasteiger partial charge in [-0.05, 0) is 24.5 Å². The highest BCUT2D eigenvalue weighted by Gasteiger charge is 2.23. The third-order valence-corrected chi connectivity index (χ3v) is 4.70. The van der Waals surface area contributed by atoms with Crippen molar-refractivity contribution in [1.82, 2.24) is 0 Å². The van der Waals surface area contributed by atoms with E-state index in [1.54, 1.807) is 7.11 Å². The van der Waals surface area contributed by atoms with Gasteiger partial charge in [0.15, 0.2) is 0 Å². The van der Waals surface area contributed by atoms with E-state index in [-0.39, 0.29) is 4.83 Å². The van der Waals surface area contributed by atoms with Crippen LogP contribution in [0.5, 0.6) is 0 Å². The van der Waals surface area contributed by atoms with Crippen LogP contribution in [0, 0.1) is 5.92 Å². The van der Waals surface area contributed by atoms with Crippen LogP contribution >= 0.6 is 27.5 Å². The molecule has 0 radical (unpaired) electrons. The van der Waals surface area contributed by atoms with Crippen LogP contribution in [0.2, 0.25) is 5.02 Å². The van der Waals surface area contributed by atoms with Crippen LogP contribution in [0.4, 0.5) is 0 Å². The van der Waals surface area contributed by atoms with Crippen molar-refractivity contribution in [1.29, 1.82) is 0 Å². The lowest BCUT2D eigenvalue weighted by Crippen LogP contribution is -2.19. The zero-order valence-electron chi connectivity index (χ0n) is 11.1. The van der Waals surface area contributed by atoms with Gasteiger partial charge < -0.3 is 4.84 Å². The Morgan fingerprint density at radius 2 is 2.00 bits per heavy atom. The van der Waals surface area contributed by atoms with Crippen LogP contribution in [0.3, 0.4) is 0 Å². The molecule has 4 heteroatoms. The van der Waals surface area contributed by atoms with E-state index in [4.69, 9.17) is 16.4 Å². The van der Waals surface area contributed by atoms with Gasteiger partial charge in [-0.3, -0.25) is 0 Å². The summed E-state index contributed by atoms with van der Waals surface area (Å²) >= 11 is 9.69. The molecule has 1 aromatic rings. The molecule has 1 aromatic carbocycles. The van der Waals surface area contributed by atoms with Gasteiger partial charge in [0.25, 0.3) is 0 Å². The second kappa shape index (κ2) is 7.30. The van der Waals surface area contributed by atoms with Crippen molar-refractivity contribution in [2.75, 3.05) is 7.11 Å². The molecule has 0 aromatic heterocycles. The molecular weight excluding hydrogens is 326 g/mol. The van der Waals surface area contributed by atoms with Gasteiger partial charge in [0, 0.05) is 10.6 Å². The Morgan fingerprint density at radius 3 is 2.58 bits per heavy atom. The van der Waals surface area contributed by atoms with Crippen LogP contribution in [0.1, 0.15) is 37.7 Å². The molecule has 0 saturated heterocycles. The normalized spacial score (nSPS) is 18.6. The van der Waals surface area contributed by atoms with Gasteiger partial charge in [0.05, 0.1) is 4.83 Å². The Bertz CT molecular complexity index is 426. The number of benzene rings is 1. The minimum absolute atomic E-state index is 0.233. The lowest BCUT2D eigenvalue weighted by atomic mass is 9.97. The van der Waals surface area contributed by atoms with E-state index in [9.17, 15) is 0 Å². The van der Waals surface area contributed by atoms with Crippen molar-refractivity contribution in [2.24, 2.45) is 11.1 Å². The highest BCUT2D eigenvalue weighted by atomic mass is 79.9. The summed E-state index contributed by atoms with van der Waals surface area (Å²) in [5, 5.41) is 4.93. The van der Waals surface area contributed by atoms with Crippen molar-refractivity contribution < 1.29 is 4.84 Å². The minimum atomic E-state index is 0.233. The number of hydrogen-bond acceptors (Lipinski definition) is 2. The Morgan fingerprint density at radius 1 is 1.37 bits per heavy atom. The lowest BCUT2D eigenvalue weighted by molar-refractivity contribution is 0.212. The Kier molecular flexibility index (Phi) is 5.71. The first-order chi connectivity index (χ1) is 9.20. The predicted octanol–water partition coefficient (Wildman–Crippen LogP) is 5.03. The summed E-state index contributed by atoms with van der Waals surface area (Å²) < 4.78 is 0. The minimum Gasteiger partial charge on any atom is -0.399 e. The monoisotopic (exact) mass is 343 g/mol. The van der Waals surface area contributed by atoms with Gasteiger partial charge in [-0.25, -0.2) is 0 Å². The lowest BCUT2D eigenvalue weighted by Gasteiger charge is -2.16. The average molecular weight is 345 g/mol. The molecule has 2 nitrogen and oxygen atoms in total. The first kappa shape index (κ1) is 14.9. The summed E-state index contributed by atoms with van der Waals surface area (Å²) in [7, 11) is 1.59. The van der Waals surface area contributed by atoms with Gasteiger partial charge in [-0.2, -0.15) is 0 Å². The van der Waals surface area contributed by atoms with Crippen molar-refractivity contribution in [2.45, 2.75) is 36.9 Å². The molecule has 0 aliphatic heterocycles. The van der Waals surface area contributed by atoms with E-state index < -0.39 is 0 Å². The molecule has 0 heterocycles. The number of rotatable bonds is 5. The standard InChI is InChI=1S/C15H19BrClNO/c1-19-18-15(12-6-8-13(17)9-7-12)14(16)10-11-4-2-3-5-11/h6-9,11,14H,2-5,10H2,1H3/b18-15-. The number of nitrogens with zero attached hydrogens (tertiary/aromatic N) is 1. The molecule has 19 heavy (non-hydrogen) atoms. The number of oxime groups is 1. The molecule has 104 valence electrons. The molecule has 1 unspecified atom stereocenters. The molecule has 1 aliphatic carbocycles. The summed E-state index contributed by atoms with van der Waals surface area (Å²) in [6, 6.07) is 7.75. The molecule has 1 fully saturated rings. The van der Waals surface area contributed by atoms with Crippen LogP contribution in [-0.4, -0.2) is 17.6 Å². The summed E-state index contributed by atoms with van der Waals surface area (Å²) in [5.41, 5.74) is 2.01. The highest BCUT2D eigenvalue weighted by Crippen LogP contribution is 2.31. The van der Waals surface area contributed by atoms with Gasteiger partial charge in [0.1, 0.15) is 12.8 Å². The summed E-state index contributed by atoms with van der Waals surface area (Å²) in [5.74, 6) is 0.804. The summed E-state index contributed by atoms with van der Waals surface area (Å²) in [4.78, 5) is 5.23. The maximum atomic E-state index is 5.93. The van der Waals surface area contributed by atoms with Crippen LogP contribution in [0.15, 0.2) is 29.4 Å². The molecule has 1 saturated carbocycles. The van der Waals surface area contributed by atoms with Gasteiger partial charge in [-0.15, -0.1) is 0 Å². The molecule has 0 N–H and O–H groups in total. The van der Waals surface area contributed by atoms with E-state index >= 15 is 0 Å². The third-order valence-electron chi connectivity index (χ3n) is 3.64. The van der Waals surface area contributed by atoms with E-state index in [1.165, 1.54) is 25.7 Å². The molecule has 2 rings (SSSR count). The quantitative estimate of drug-likeness (QED) is 0.417. The smallest absolute Gasteiger partial charge is 0.106 e. The van der Waals surface area contributed by atoms with Gasteiger partial charge in [-0.1, -0.05) is 70.5 Å². The largest absolute Gasteiger partial charge is 0.399 e. The Balaban J connectivity index is 2.10. The fourth-order valence-corrected chi connectivity index (χ4v) is 3.66. The van der Waals surface area contributed by atoms with Crippen LogP contribution in [-0.2, 0) is 4.84 Å². The molecule has 0 amide bonds. The van der Waals surface area contributed by atoms with Gasteiger partial charge in [0.2, 0.25) is 0 Å². The number of alkyl halides is 1. The van der Waals surface area contributed by atoms with Crippen molar-refractivity contribution in [3.63, 3.8) is 0 Å².